The number of nitrogens with zero attached hydrogens (tertiary/aromatic N) is 1. The van der Waals surface area contributed by atoms with Crippen molar-refractivity contribution in [2.24, 2.45) is 0 Å². The van der Waals surface area contributed by atoms with Gasteiger partial charge in [-0.05, 0) is 19.1 Å². The first-order chi connectivity index (χ1) is 8.74. The molecule has 0 saturated heterocycles. The van der Waals surface area contributed by atoms with Crippen molar-refractivity contribution in [2.75, 3.05) is 11.9 Å². The zero-order valence-corrected chi connectivity index (χ0v) is 11.0. The van der Waals surface area contributed by atoms with Gasteiger partial charge in [0, 0.05) is 23.3 Å². The molecule has 0 saturated carbocycles. The summed E-state index contributed by atoms with van der Waals surface area (Å²) in [5.74, 6) is -0.0394. The maximum Gasteiger partial charge on any atom is 0.238 e. The van der Waals surface area contributed by atoms with Crippen LogP contribution in [0.3, 0.4) is 0 Å². The minimum absolute atomic E-state index is 0.0394. The molecule has 2 aromatic rings. The van der Waals surface area contributed by atoms with E-state index in [-0.39, 0.29) is 5.91 Å². The van der Waals surface area contributed by atoms with Crippen LogP contribution in [0.5, 0.6) is 0 Å². The second-order valence-corrected chi connectivity index (χ2v) is 5.18. The number of anilines is 1. The SMILES string of the molecule is Cc1ncc(CNCC(=O)Nc2ccccc2)s1. The van der Waals surface area contributed by atoms with Gasteiger partial charge in [-0.3, -0.25) is 4.79 Å². The van der Waals surface area contributed by atoms with Crippen LogP contribution in [0.2, 0.25) is 0 Å². The monoisotopic (exact) mass is 261 g/mol. The quantitative estimate of drug-likeness (QED) is 0.867. The fourth-order valence-electron chi connectivity index (χ4n) is 1.51. The number of aryl methyl sites for hydroxylation is 1. The Kier molecular flexibility index (Phi) is 4.44. The summed E-state index contributed by atoms with van der Waals surface area (Å²) < 4.78 is 0. The Balaban J connectivity index is 1.72. The maximum atomic E-state index is 11.6. The van der Waals surface area contributed by atoms with Crippen LogP contribution in [-0.2, 0) is 11.3 Å². The van der Waals surface area contributed by atoms with Gasteiger partial charge in [-0.1, -0.05) is 18.2 Å². The molecular weight excluding hydrogens is 246 g/mol. The molecule has 94 valence electrons. The summed E-state index contributed by atoms with van der Waals surface area (Å²) in [6.45, 7) is 2.94. The lowest BCUT2D eigenvalue weighted by molar-refractivity contribution is -0.115. The highest BCUT2D eigenvalue weighted by atomic mass is 32.1. The first-order valence-electron chi connectivity index (χ1n) is 5.71. The Bertz CT molecular complexity index is 510. The van der Waals surface area contributed by atoms with E-state index in [0.717, 1.165) is 15.6 Å². The Labute approximate surface area is 110 Å². The minimum atomic E-state index is -0.0394. The molecule has 1 amide bonds. The first-order valence-corrected chi connectivity index (χ1v) is 6.52. The molecule has 5 heteroatoms. The van der Waals surface area contributed by atoms with E-state index in [1.54, 1.807) is 11.3 Å². The molecule has 0 aliphatic heterocycles. The van der Waals surface area contributed by atoms with Crippen LogP contribution < -0.4 is 10.6 Å². The second-order valence-electron chi connectivity index (χ2n) is 3.86. The van der Waals surface area contributed by atoms with E-state index in [0.29, 0.717) is 13.1 Å². The van der Waals surface area contributed by atoms with E-state index in [4.69, 9.17) is 0 Å². The summed E-state index contributed by atoms with van der Waals surface area (Å²) in [5.41, 5.74) is 0.818. The molecule has 2 rings (SSSR count). The van der Waals surface area contributed by atoms with Gasteiger partial charge in [0.1, 0.15) is 0 Å². The van der Waals surface area contributed by atoms with Gasteiger partial charge in [-0.2, -0.15) is 0 Å². The van der Waals surface area contributed by atoms with E-state index in [1.807, 2.05) is 43.5 Å². The summed E-state index contributed by atoms with van der Waals surface area (Å²) in [6.07, 6.45) is 1.84. The molecular formula is C13H15N3OS. The Morgan fingerprint density at radius 3 is 2.78 bits per heavy atom. The molecule has 1 aromatic heterocycles. The fourth-order valence-corrected chi connectivity index (χ4v) is 2.28. The molecule has 1 aromatic carbocycles. The highest BCUT2D eigenvalue weighted by molar-refractivity contribution is 7.11. The second kappa shape index (κ2) is 6.28. The summed E-state index contributed by atoms with van der Waals surface area (Å²) in [7, 11) is 0. The third kappa shape index (κ3) is 3.94. The largest absolute Gasteiger partial charge is 0.325 e. The summed E-state index contributed by atoms with van der Waals surface area (Å²) in [6, 6.07) is 9.43. The van der Waals surface area contributed by atoms with Crippen molar-refractivity contribution >= 4 is 22.9 Å². The normalized spacial score (nSPS) is 10.3. The van der Waals surface area contributed by atoms with E-state index >= 15 is 0 Å². The number of para-hydroxylation sites is 1. The number of carbonyl (C=O) groups excluding carboxylic acids is 1. The van der Waals surface area contributed by atoms with Crippen molar-refractivity contribution in [3.8, 4) is 0 Å². The van der Waals surface area contributed by atoms with Crippen molar-refractivity contribution in [1.29, 1.82) is 0 Å². The number of benzene rings is 1. The van der Waals surface area contributed by atoms with Gasteiger partial charge in [0.05, 0.1) is 11.6 Å². The van der Waals surface area contributed by atoms with Gasteiger partial charge < -0.3 is 10.6 Å². The van der Waals surface area contributed by atoms with Crippen molar-refractivity contribution in [3.63, 3.8) is 0 Å². The van der Waals surface area contributed by atoms with E-state index in [2.05, 4.69) is 15.6 Å². The molecule has 0 radical (unpaired) electrons. The third-order valence-corrected chi connectivity index (χ3v) is 3.22. The van der Waals surface area contributed by atoms with Crippen molar-refractivity contribution in [1.82, 2.24) is 10.3 Å². The first kappa shape index (κ1) is 12.7. The molecule has 0 atom stereocenters. The van der Waals surface area contributed by atoms with Crippen LogP contribution in [0.1, 0.15) is 9.88 Å². The lowest BCUT2D eigenvalue weighted by atomic mass is 10.3. The van der Waals surface area contributed by atoms with Gasteiger partial charge in [0.25, 0.3) is 0 Å². The molecule has 0 spiro atoms. The average Bonchev–Trinajstić information content (AvgIpc) is 2.76. The van der Waals surface area contributed by atoms with Crippen molar-refractivity contribution < 1.29 is 4.79 Å². The molecule has 0 aliphatic carbocycles. The van der Waals surface area contributed by atoms with Gasteiger partial charge in [-0.25, -0.2) is 4.98 Å². The predicted octanol–water partition coefficient (Wildman–Crippen LogP) is 2.18. The number of carbonyl (C=O) groups is 1. The number of nitrogens with one attached hydrogen (secondary N) is 2. The molecule has 2 N–H and O–H groups in total. The zero-order chi connectivity index (χ0) is 12.8. The van der Waals surface area contributed by atoms with Crippen LogP contribution in [0.4, 0.5) is 5.69 Å². The Hall–Kier alpha value is -1.72. The van der Waals surface area contributed by atoms with Gasteiger partial charge in [0.15, 0.2) is 0 Å². The molecule has 1 heterocycles. The maximum absolute atomic E-state index is 11.6. The standard InChI is InChI=1S/C13H15N3OS/c1-10-15-8-12(18-10)7-14-9-13(17)16-11-5-3-2-4-6-11/h2-6,8,14H,7,9H2,1H3,(H,16,17). The summed E-state index contributed by atoms with van der Waals surface area (Å²) in [5, 5.41) is 6.96. The number of hydrogen-bond donors (Lipinski definition) is 2. The Morgan fingerprint density at radius 1 is 1.33 bits per heavy atom. The summed E-state index contributed by atoms with van der Waals surface area (Å²) in [4.78, 5) is 16.9. The lowest BCUT2D eigenvalue weighted by Crippen LogP contribution is -2.27. The van der Waals surface area contributed by atoms with Crippen LogP contribution in [0.15, 0.2) is 36.5 Å². The molecule has 4 nitrogen and oxygen atoms in total. The molecule has 0 fully saturated rings. The number of aromatic nitrogens is 1. The van der Waals surface area contributed by atoms with Gasteiger partial charge in [0.2, 0.25) is 5.91 Å². The van der Waals surface area contributed by atoms with Gasteiger partial charge >= 0.3 is 0 Å². The van der Waals surface area contributed by atoms with Crippen molar-refractivity contribution in [3.05, 3.63) is 46.4 Å². The highest BCUT2D eigenvalue weighted by Crippen LogP contribution is 2.10. The number of amides is 1. The lowest BCUT2D eigenvalue weighted by Gasteiger charge is -2.05. The van der Waals surface area contributed by atoms with Crippen LogP contribution in [0, 0.1) is 6.92 Å². The Morgan fingerprint density at radius 2 is 2.11 bits per heavy atom. The van der Waals surface area contributed by atoms with Crippen molar-refractivity contribution in [2.45, 2.75) is 13.5 Å². The van der Waals surface area contributed by atoms with E-state index in [1.165, 1.54) is 0 Å². The average molecular weight is 261 g/mol. The minimum Gasteiger partial charge on any atom is -0.325 e. The van der Waals surface area contributed by atoms with Crippen LogP contribution >= 0.6 is 11.3 Å². The topological polar surface area (TPSA) is 54.0 Å². The van der Waals surface area contributed by atoms with Crippen LogP contribution in [0.25, 0.3) is 0 Å². The molecule has 0 unspecified atom stereocenters. The highest BCUT2D eigenvalue weighted by Gasteiger charge is 2.02. The van der Waals surface area contributed by atoms with Crippen LogP contribution in [-0.4, -0.2) is 17.4 Å². The third-order valence-electron chi connectivity index (χ3n) is 2.31. The van der Waals surface area contributed by atoms with E-state index < -0.39 is 0 Å². The van der Waals surface area contributed by atoms with E-state index in [9.17, 15) is 4.79 Å². The number of hydrogen-bond acceptors (Lipinski definition) is 4. The summed E-state index contributed by atoms with van der Waals surface area (Å²) >= 11 is 1.64. The number of thiazole rings is 1. The van der Waals surface area contributed by atoms with Gasteiger partial charge in [-0.15, -0.1) is 11.3 Å². The molecule has 18 heavy (non-hydrogen) atoms. The predicted molar refractivity (Wildman–Crippen MR) is 73.6 cm³/mol. The molecule has 0 bridgehead atoms. The fraction of sp³-hybridized carbons (Fsp3) is 0.231. The zero-order valence-electron chi connectivity index (χ0n) is 10.1. The smallest absolute Gasteiger partial charge is 0.238 e. The molecule has 0 aliphatic rings. The number of rotatable bonds is 5.